The van der Waals surface area contributed by atoms with E-state index in [1.165, 1.54) is 21.2 Å². The van der Waals surface area contributed by atoms with Crippen LogP contribution in [-0.2, 0) is 0 Å². The Morgan fingerprint density at radius 2 is 1.50 bits per heavy atom. The summed E-state index contributed by atoms with van der Waals surface area (Å²) in [4.78, 5) is 17.0. The van der Waals surface area contributed by atoms with Gasteiger partial charge in [-0.1, -0.05) is 48.2 Å². The minimum atomic E-state index is -0.193. The average molecular weight is 454 g/mol. The zero-order valence-electron chi connectivity index (χ0n) is 15.2. The molecule has 3 aromatic carbocycles. The molecule has 0 bridgehead atoms. The van der Waals surface area contributed by atoms with Crippen molar-refractivity contribution < 1.29 is 4.79 Å². The summed E-state index contributed by atoms with van der Waals surface area (Å²) in [6.07, 6.45) is 0.844. The lowest BCUT2D eigenvalue weighted by Gasteiger charge is -2.32. The van der Waals surface area contributed by atoms with Gasteiger partial charge in [0.2, 0.25) is 0 Å². The second-order valence-corrected chi connectivity index (χ2v) is 8.34. The molecular weight excluding hydrogens is 434 g/mol. The fourth-order valence-corrected chi connectivity index (χ4v) is 4.67. The molecule has 4 nitrogen and oxygen atoms in total. The Kier molecular flexibility index (Phi) is 5.88. The van der Waals surface area contributed by atoms with E-state index in [1.54, 1.807) is 0 Å². The summed E-state index contributed by atoms with van der Waals surface area (Å²) in [6, 6.07) is 24.3. The van der Waals surface area contributed by atoms with Crippen molar-refractivity contribution in [2.75, 3.05) is 23.3 Å². The summed E-state index contributed by atoms with van der Waals surface area (Å²) in [6.45, 7) is 1.44. The van der Waals surface area contributed by atoms with E-state index in [4.69, 9.17) is 0 Å². The van der Waals surface area contributed by atoms with Crippen LogP contribution in [-0.4, -0.2) is 19.1 Å². The number of amides is 2. The van der Waals surface area contributed by atoms with Gasteiger partial charge in [0.05, 0.1) is 17.1 Å². The van der Waals surface area contributed by atoms with Crippen molar-refractivity contribution in [1.29, 1.82) is 0 Å². The van der Waals surface area contributed by atoms with E-state index >= 15 is 0 Å². The molecule has 0 radical (unpaired) electrons. The molecule has 0 aromatic heterocycles. The summed E-state index contributed by atoms with van der Waals surface area (Å²) >= 11 is 5.25. The Bertz CT molecular complexity index is 949. The molecule has 2 N–H and O–H groups in total. The van der Waals surface area contributed by atoms with Crippen LogP contribution in [0.5, 0.6) is 0 Å². The first kappa shape index (κ1) is 18.9. The van der Waals surface area contributed by atoms with E-state index in [2.05, 4.69) is 80.0 Å². The minimum Gasteiger partial charge on any atom is -0.340 e. The van der Waals surface area contributed by atoms with Gasteiger partial charge < -0.3 is 15.5 Å². The molecule has 0 unspecified atom stereocenters. The van der Waals surface area contributed by atoms with Gasteiger partial charge in [-0.15, -0.1) is 0 Å². The Morgan fingerprint density at radius 1 is 0.893 bits per heavy atom. The van der Waals surface area contributed by atoms with Crippen molar-refractivity contribution in [1.82, 2.24) is 5.32 Å². The number of nitrogens with zero attached hydrogens (tertiary/aromatic N) is 1. The Hall–Kier alpha value is -2.44. The number of anilines is 3. The molecule has 4 rings (SSSR count). The van der Waals surface area contributed by atoms with Gasteiger partial charge in [-0.25, -0.2) is 4.79 Å². The highest BCUT2D eigenvalue weighted by Crippen LogP contribution is 2.47. The molecule has 0 fully saturated rings. The normalized spacial score (nSPS) is 12.1. The third-order valence-corrected chi connectivity index (χ3v) is 6.32. The maximum Gasteiger partial charge on any atom is 0.319 e. The zero-order valence-corrected chi connectivity index (χ0v) is 17.6. The largest absolute Gasteiger partial charge is 0.340 e. The fraction of sp³-hybridized carbons (Fsp3) is 0.136. The Balaban J connectivity index is 1.36. The van der Waals surface area contributed by atoms with Crippen molar-refractivity contribution in [3.8, 4) is 0 Å². The lowest BCUT2D eigenvalue weighted by Crippen LogP contribution is -2.32. The van der Waals surface area contributed by atoms with E-state index in [-0.39, 0.29) is 6.03 Å². The van der Waals surface area contributed by atoms with E-state index < -0.39 is 0 Å². The van der Waals surface area contributed by atoms with Crippen LogP contribution in [0.25, 0.3) is 0 Å². The molecule has 0 aliphatic carbocycles. The number of fused-ring (bicyclic) bond motifs is 2. The molecule has 142 valence electrons. The van der Waals surface area contributed by atoms with Crippen molar-refractivity contribution in [3.63, 3.8) is 0 Å². The zero-order chi connectivity index (χ0) is 19.3. The van der Waals surface area contributed by atoms with Crippen molar-refractivity contribution in [2.45, 2.75) is 16.2 Å². The number of nitrogens with one attached hydrogen (secondary N) is 2. The summed E-state index contributed by atoms with van der Waals surface area (Å²) < 4.78 is 0.865. The molecule has 0 saturated carbocycles. The highest BCUT2D eigenvalue weighted by molar-refractivity contribution is 9.10. The predicted octanol–water partition coefficient (Wildman–Crippen LogP) is 6.26. The summed E-state index contributed by atoms with van der Waals surface area (Å²) in [5.74, 6) is 0. The van der Waals surface area contributed by atoms with Crippen LogP contribution < -0.4 is 15.5 Å². The third kappa shape index (κ3) is 4.18. The Morgan fingerprint density at radius 3 is 2.18 bits per heavy atom. The number of carbonyl (C=O) groups excluding carboxylic acids is 1. The van der Waals surface area contributed by atoms with Crippen LogP contribution in [0.4, 0.5) is 21.9 Å². The number of rotatable bonds is 5. The highest BCUT2D eigenvalue weighted by atomic mass is 79.9. The summed E-state index contributed by atoms with van der Waals surface area (Å²) in [5, 5.41) is 5.81. The van der Waals surface area contributed by atoms with Crippen LogP contribution in [0.1, 0.15) is 6.42 Å². The molecule has 1 aliphatic rings. The predicted molar refractivity (Wildman–Crippen MR) is 120 cm³/mol. The molecular formula is C22H20BrN3OS. The van der Waals surface area contributed by atoms with Crippen LogP contribution in [0.3, 0.4) is 0 Å². The summed E-state index contributed by atoms with van der Waals surface area (Å²) in [5.41, 5.74) is 3.21. The van der Waals surface area contributed by atoms with Gasteiger partial charge in [0.15, 0.2) is 0 Å². The fourth-order valence-electron chi connectivity index (χ4n) is 3.19. The average Bonchev–Trinajstić information content (AvgIpc) is 2.72. The van der Waals surface area contributed by atoms with Gasteiger partial charge in [0.1, 0.15) is 0 Å². The third-order valence-electron chi connectivity index (χ3n) is 4.50. The maximum absolute atomic E-state index is 12.2. The van der Waals surface area contributed by atoms with Crippen molar-refractivity contribution in [2.24, 2.45) is 0 Å². The number of urea groups is 1. The number of hydrogen-bond acceptors (Lipinski definition) is 3. The van der Waals surface area contributed by atoms with Gasteiger partial charge in [0.25, 0.3) is 0 Å². The van der Waals surface area contributed by atoms with Gasteiger partial charge >= 0.3 is 6.03 Å². The molecule has 6 heteroatoms. The van der Waals surface area contributed by atoms with E-state index in [9.17, 15) is 4.79 Å². The van der Waals surface area contributed by atoms with Crippen LogP contribution in [0.15, 0.2) is 87.1 Å². The van der Waals surface area contributed by atoms with Crippen LogP contribution >= 0.6 is 27.7 Å². The number of halogens is 1. The maximum atomic E-state index is 12.2. The van der Waals surface area contributed by atoms with Crippen molar-refractivity contribution >= 4 is 50.8 Å². The second-order valence-electron chi connectivity index (χ2n) is 6.40. The smallest absolute Gasteiger partial charge is 0.319 e. The van der Waals surface area contributed by atoms with E-state index in [0.29, 0.717) is 6.54 Å². The first-order valence-corrected chi connectivity index (χ1v) is 10.8. The van der Waals surface area contributed by atoms with Gasteiger partial charge in [-0.05, 0) is 58.7 Å². The molecule has 28 heavy (non-hydrogen) atoms. The monoisotopic (exact) mass is 453 g/mol. The minimum absolute atomic E-state index is 0.193. The van der Waals surface area contributed by atoms with Crippen LogP contribution in [0, 0.1) is 0 Å². The second kappa shape index (κ2) is 8.71. The van der Waals surface area contributed by atoms with E-state index in [0.717, 1.165) is 23.1 Å². The number of hydrogen-bond donors (Lipinski definition) is 2. The quantitative estimate of drug-likeness (QED) is 0.447. The molecule has 1 aliphatic heterocycles. The number of carbonyl (C=O) groups is 1. The topological polar surface area (TPSA) is 44.4 Å². The van der Waals surface area contributed by atoms with Gasteiger partial charge in [-0.3, -0.25) is 0 Å². The molecule has 2 amide bonds. The lowest BCUT2D eigenvalue weighted by molar-refractivity contribution is 0.252. The molecule has 0 saturated heterocycles. The first-order valence-electron chi connectivity index (χ1n) is 9.15. The first-order chi connectivity index (χ1) is 13.7. The molecule has 0 spiro atoms. The van der Waals surface area contributed by atoms with E-state index in [1.807, 2.05) is 36.0 Å². The molecule has 3 aromatic rings. The standard InChI is InChI=1S/C22H20BrN3OS/c23-16-8-1-2-9-17(16)25-22(27)24-14-7-15-26-18-10-3-5-12-20(18)28-21-13-6-4-11-19(21)26/h1-6,8-13H,7,14-15H2,(H2,24,25,27). The molecule has 0 atom stereocenters. The van der Waals surface area contributed by atoms with Gasteiger partial charge in [-0.2, -0.15) is 0 Å². The van der Waals surface area contributed by atoms with Gasteiger partial charge in [0, 0.05) is 27.4 Å². The lowest BCUT2D eigenvalue weighted by atomic mass is 10.2. The SMILES string of the molecule is O=C(NCCCN1c2ccccc2Sc2ccccc21)Nc1ccccc1Br. The number of para-hydroxylation sites is 3. The Labute approximate surface area is 177 Å². The highest BCUT2D eigenvalue weighted by Gasteiger charge is 2.22. The molecule has 1 heterocycles. The summed E-state index contributed by atoms with van der Waals surface area (Å²) in [7, 11) is 0. The van der Waals surface area contributed by atoms with Crippen molar-refractivity contribution in [3.05, 3.63) is 77.3 Å². The number of benzene rings is 3. The van der Waals surface area contributed by atoms with Crippen LogP contribution in [0.2, 0.25) is 0 Å².